The fourth-order valence-corrected chi connectivity index (χ4v) is 2.15. The fraction of sp³-hybridized carbons (Fsp3) is 0.286. The van der Waals surface area contributed by atoms with Crippen LogP contribution in [0, 0.1) is 0 Å². The molecule has 5 heteroatoms. The number of hydrogen-bond donors (Lipinski definition) is 2. The maximum atomic E-state index is 5.79. The van der Waals surface area contributed by atoms with Crippen molar-refractivity contribution >= 4 is 29.1 Å². The summed E-state index contributed by atoms with van der Waals surface area (Å²) in [7, 11) is 0. The summed E-state index contributed by atoms with van der Waals surface area (Å²) in [6.07, 6.45) is 3.90. The molecule has 4 nitrogen and oxygen atoms in total. The first-order valence-electron chi connectivity index (χ1n) is 6.25. The van der Waals surface area contributed by atoms with Crippen LogP contribution in [0.2, 0.25) is 0 Å². The summed E-state index contributed by atoms with van der Waals surface area (Å²) in [5.74, 6) is 2.03. The highest BCUT2D eigenvalue weighted by molar-refractivity contribution is 7.98. The number of anilines is 3. The zero-order valence-electron chi connectivity index (χ0n) is 11.2. The minimum absolute atomic E-state index is 0.502. The molecule has 19 heavy (non-hydrogen) atoms. The molecule has 3 N–H and O–H groups in total. The number of nitrogens with one attached hydrogen (secondary N) is 1. The van der Waals surface area contributed by atoms with Gasteiger partial charge >= 0.3 is 0 Å². The van der Waals surface area contributed by atoms with Crippen LogP contribution in [0.4, 0.5) is 17.3 Å². The van der Waals surface area contributed by atoms with Crippen LogP contribution in [0.1, 0.15) is 19.2 Å². The molecule has 0 radical (unpaired) electrons. The second-order valence-corrected chi connectivity index (χ2v) is 5.08. The zero-order valence-corrected chi connectivity index (χ0v) is 12.0. The van der Waals surface area contributed by atoms with E-state index in [4.69, 9.17) is 5.73 Å². The minimum Gasteiger partial charge on any atom is -0.384 e. The van der Waals surface area contributed by atoms with Gasteiger partial charge in [-0.25, -0.2) is 9.97 Å². The van der Waals surface area contributed by atoms with Crippen molar-refractivity contribution in [2.24, 2.45) is 0 Å². The van der Waals surface area contributed by atoms with Crippen molar-refractivity contribution in [3.63, 3.8) is 0 Å². The quantitative estimate of drug-likeness (QED) is 0.817. The second kappa shape index (κ2) is 6.43. The van der Waals surface area contributed by atoms with E-state index in [1.807, 2.05) is 12.1 Å². The van der Waals surface area contributed by atoms with Gasteiger partial charge in [0.2, 0.25) is 0 Å². The normalized spacial score (nSPS) is 10.4. The maximum Gasteiger partial charge on any atom is 0.136 e. The van der Waals surface area contributed by atoms with Gasteiger partial charge in [-0.15, -0.1) is 11.8 Å². The average molecular weight is 274 g/mol. The summed E-state index contributed by atoms with van der Waals surface area (Å²) < 4.78 is 0. The van der Waals surface area contributed by atoms with Crippen molar-refractivity contribution in [2.75, 3.05) is 17.3 Å². The van der Waals surface area contributed by atoms with Gasteiger partial charge in [-0.2, -0.15) is 0 Å². The van der Waals surface area contributed by atoms with Crippen LogP contribution in [0.15, 0.2) is 35.2 Å². The van der Waals surface area contributed by atoms with Crippen molar-refractivity contribution in [2.45, 2.75) is 24.7 Å². The van der Waals surface area contributed by atoms with Gasteiger partial charge in [-0.3, -0.25) is 0 Å². The number of rotatable bonds is 5. The van der Waals surface area contributed by atoms with Crippen molar-refractivity contribution in [1.82, 2.24) is 9.97 Å². The lowest BCUT2D eigenvalue weighted by atomic mass is 10.3. The summed E-state index contributed by atoms with van der Waals surface area (Å²) in [6, 6.07) is 9.96. The summed E-state index contributed by atoms with van der Waals surface area (Å²) in [5.41, 5.74) is 6.79. The van der Waals surface area contributed by atoms with Gasteiger partial charge in [0, 0.05) is 23.1 Å². The number of thioether (sulfide) groups is 1. The van der Waals surface area contributed by atoms with E-state index in [1.54, 1.807) is 17.8 Å². The van der Waals surface area contributed by atoms with Gasteiger partial charge in [0.05, 0.1) is 0 Å². The van der Waals surface area contributed by atoms with E-state index < -0.39 is 0 Å². The Labute approximate surface area is 117 Å². The number of aromatic nitrogens is 2. The fourth-order valence-electron chi connectivity index (χ4n) is 1.74. The molecule has 0 aliphatic carbocycles. The zero-order chi connectivity index (χ0) is 13.7. The lowest BCUT2D eigenvalue weighted by Crippen LogP contribution is -2.03. The molecule has 1 aromatic heterocycles. The first-order valence-corrected chi connectivity index (χ1v) is 7.48. The first kappa shape index (κ1) is 13.7. The molecular weight excluding hydrogens is 256 g/mol. The Morgan fingerprint density at radius 3 is 2.58 bits per heavy atom. The van der Waals surface area contributed by atoms with Gasteiger partial charge in [-0.05, 0) is 36.9 Å². The van der Waals surface area contributed by atoms with Crippen molar-refractivity contribution in [3.05, 3.63) is 36.2 Å². The molecule has 0 aliphatic heterocycles. The molecule has 0 unspecified atom stereocenters. The number of aryl methyl sites for hydroxylation is 1. The molecule has 0 amide bonds. The number of benzene rings is 1. The molecule has 0 fully saturated rings. The topological polar surface area (TPSA) is 63.8 Å². The van der Waals surface area contributed by atoms with Gasteiger partial charge in [0.25, 0.3) is 0 Å². The van der Waals surface area contributed by atoms with Crippen molar-refractivity contribution in [3.8, 4) is 0 Å². The standard InChI is InChI=1S/C14H18N4S/c1-3-4-13-17-12(15)9-14(18-13)16-10-5-7-11(19-2)8-6-10/h5-9H,3-4H2,1-2H3,(H3,15,16,17,18). The van der Waals surface area contributed by atoms with E-state index in [1.165, 1.54) is 4.90 Å². The van der Waals surface area contributed by atoms with E-state index in [0.29, 0.717) is 5.82 Å². The summed E-state index contributed by atoms with van der Waals surface area (Å²) in [5, 5.41) is 3.25. The molecule has 0 saturated heterocycles. The number of hydrogen-bond acceptors (Lipinski definition) is 5. The van der Waals surface area contributed by atoms with Gasteiger partial charge in [0.15, 0.2) is 0 Å². The second-order valence-electron chi connectivity index (χ2n) is 4.20. The van der Waals surface area contributed by atoms with Crippen LogP contribution in [0.5, 0.6) is 0 Å². The predicted octanol–water partition coefficient (Wildman–Crippen LogP) is 3.48. The van der Waals surface area contributed by atoms with Crippen LogP contribution in [-0.2, 0) is 6.42 Å². The highest BCUT2D eigenvalue weighted by atomic mass is 32.2. The van der Waals surface area contributed by atoms with E-state index in [-0.39, 0.29) is 0 Å². The molecule has 0 atom stereocenters. The Morgan fingerprint density at radius 1 is 1.21 bits per heavy atom. The third kappa shape index (κ3) is 3.86. The Balaban J connectivity index is 2.17. The largest absolute Gasteiger partial charge is 0.384 e. The van der Waals surface area contributed by atoms with E-state index >= 15 is 0 Å². The highest BCUT2D eigenvalue weighted by Gasteiger charge is 2.02. The Morgan fingerprint density at radius 2 is 1.95 bits per heavy atom. The van der Waals surface area contributed by atoms with Gasteiger partial charge < -0.3 is 11.1 Å². The van der Waals surface area contributed by atoms with E-state index in [0.717, 1.165) is 30.2 Å². The molecule has 100 valence electrons. The Bertz CT molecular complexity index is 540. The molecule has 0 saturated carbocycles. The summed E-state index contributed by atoms with van der Waals surface area (Å²) >= 11 is 1.72. The van der Waals surface area contributed by atoms with E-state index in [9.17, 15) is 0 Å². The van der Waals surface area contributed by atoms with Crippen LogP contribution >= 0.6 is 11.8 Å². The highest BCUT2D eigenvalue weighted by Crippen LogP contribution is 2.20. The van der Waals surface area contributed by atoms with Crippen molar-refractivity contribution in [1.29, 1.82) is 0 Å². The minimum atomic E-state index is 0.502. The van der Waals surface area contributed by atoms with Gasteiger partial charge in [0.1, 0.15) is 17.5 Å². The smallest absolute Gasteiger partial charge is 0.136 e. The molecule has 1 aromatic carbocycles. The molecule has 0 spiro atoms. The maximum absolute atomic E-state index is 5.79. The molecule has 2 aromatic rings. The molecule has 0 aliphatic rings. The van der Waals surface area contributed by atoms with Crippen LogP contribution < -0.4 is 11.1 Å². The van der Waals surface area contributed by atoms with Gasteiger partial charge in [-0.1, -0.05) is 6.92 Å². The number of nitrogens with zero attached hydrogens (tertiary/aromatic N) is 2. The predicted molar refractivity (Wildman–Crippen MR) is 81.9 cm³/mol. The average Bonchev–Trinajstić information content (AvgIpc) is 2.39. The third-order valence-electron chi connectivity index (χ3n) is 2.63. The molecule has 2 rings (SSSR count). The molecular formula is C14H18N4S. The molecule has 1 heterocycles. The molecule has 0 bridgehead atoms. The van der Waals surface area contributed by atoms with Crippen LogP contribution in [0.25, 0.3) is 0 Å². The van der Waals surface area contributed by atoms with Crippen LogP contribution in [0.3, 0.4) is 0 Å². The summed E-state index contributed by atoms with van der Waals surface area (Å²) in [6.45, 7) is 2.10. The third-order valence-corrected chi connectivity index (χ3v) is 3.37. The number of nitrogens with two attached hydrogens (primary N) is 1. The first-order chi connectivity index (χ1) is 9.21. The Hall–Kier alpha value is -1.75. The SMILES string of the molecule is CCCc1nc(N)cc(Nc2ccc(SC)cc2)n1. The monoisotopic (exact) mass is 274 g/mol. The Kier molecular flexibility index (Phi) is 4.63. The lowest BCUT2D eigenvalue weighted by molar-refractivity contribution is 0.839. The van der Waals surface area contributed by atoms with Crippen LogP contribution in [-0.4, -0.2) is 16.2 Å². The number of nitrogen functional groups attached to an aromatic ring is 1. The summed E-state index contributed by atoms with van der Waals surface area (Å²) in [4.78, 5) is 9.91. The lowest BCUT2D eigenvalue weighted by Gasteiger charge is -2.08. The van der Waals surface area contributed by atoms with E-state index in [2.05, 4.69) is 40.6 Å². The van der Waals surface area contributed by atoms with Crippen molar-refractivity contribution < 1.29 is 0 Å².